The summed E-state index contributed by atoms with van der Waals surface area (Å²) in [6.45, 7) is 0. The van der Waals surface area contributed by atoms with E-state index in [4.69, 9.17) is 0 Å². The van der Waals surface area contributed by atoms with Crippen molar-refractivity contribution in [2.75, 3.05) is 0 Å². The zero-order chi connectivity index (χ0) is 11.2. The van der Waals surface area contributed by atoms with Crippen molar-refractivity contribution in [1.82, 2.24) is 9.97 Å². The van der Waals surface area contributed by atoms with E-state index in [0.717, 1.165) is 17.6 Å². The number of fused-ring (bicyclic) bond motifs is 2. The molecule has 3 aromatic rings. The van der Waals surface area contributed by atoms with Gasteiger partial charge in [-0.05, 0) is 22.8 Å². The first-order chi connectivity index (χ1) is 8.43. The highest BCUT2D eigenvalue weighted by Gasteiger charge is 2.18. The van der Waals surface area contributed by atoms with Gasteiger partial charge in [-0.3, -0.25) is 0 Å². The molecule has 0 bridgehead atoms. The molecule has 80 valence electrons. The second-order valence-corrected chi connectivity index (χ2v) is 4.35. The first kappa shape index (κ1) is 8.88. The van der Waals surface area contributed by atoms with Gasteiger partial charge >= 0.3 is 0 Å². The summed E-state index contributed by atoms with van der Waals surface area (Å²) in [5.74, 6) is 0. The third-order valence-electron chi connectivity index (χ3n) is 3.41. The second-order valence-electron chi connectivity index (χ2n) is 4.35. The van der Waals surface area contributed by atoms with Crippen LogP contribution in [-0.4, -0.2) is 9.97 Å². The fraction of sp³-hybridized carbons (Fsp3) is 0.0667. The average Bonchev–Trinajstić information content (AvgIpc) is 2.39. The first-order valence-corrected chi connectivity index (χ1v) is 5.74. The summed E-state index contributed by atoms with van der Waals surface area (Å²) < 4.78 is 0. The molecule has 17 heavy (non-hydrogen) atoms. The Morgan fingerprint density at radius 3 is 2.71 bits per heavy atom. The number of hydrogen-bond acceptors (Lipinski definition) is 2. The van der Waals surface area contributed by atoms with Crippen molar-refractivity contribution in [3.63, 3.8) is 0 Å². The average molecular weight is 218 g/mol. The van der Waals surface area contributed by atoms with Crippen molar-refractivity contribution in [3.05, 3.63) is 60.0 Å². The van der Waals surface area contributed by atoms with Gasteiger partial charge in [0.25, 0.3) is 0 Å². The zero-order valence-corrected chi connectivity index (χ0v) is 9.22. The summed E-state index contributed by atoms with van der Waals surface area (Å²) in [5, 5.41) is 1.22. The molecule has 4 rings (SSSR count). The van der Waals surface area contributed by atoms with Gasteiger partial charge in [-0.1, -0.05) is 36.4 Å². The first-order valence-electron chi connectivity index (χ1n) is 5.74. The summed E-state index contributed by atoms with van der Waals surface area (Å²) in [6, 6.07) is 14.8. The molecule has 1 aliphatic carbocycles. The lowest BCUT2D eigenvalue weighted by molar-refractivity contribution is 1.05. The fourth-order valence-corrected chi connectivity index (χ4v) is 2.65. The molecule has 2 heteroatoms. The lowest BCUT2D eigenvalue weighted by Gasteiger charge is -2.18. The molecular formula is C15H10N2. The number of nitrogens with zero attached hydrogens (tertiary/aromatic N) is 2. The summed E-state index contributed by atoms with van der Waals surface area (Å²) in [4.78, 5) is 8.77. The topological polar surface area (TPSA) is 25.8 Å². The van der Waals surface area contributed by atoms with Crippen LogP contribution in [0.2, 0.25) is 0 Å². The van der Waals surface area contributed by atoms with Gasteiger partial charge in [-0.25, -0.2) is 9.97 Å². The molecule has 1 aliphatic rings. The van der Waals surface area contributed by atoms with Crippen molar-refractivity contribution in [3.8, 4) is 11.1 Å². The number of aromatic nitrogens is 2. The van der Waals surface area contributed by atoms with Crippen LogP contribution in [0.1, 0.15) is 11.3 Å². The van der Waals surface area contributed by atoms with E-state index in [2.05, 4.69) is 52.4 Å². The van der Waals surface area contributed by atoms with Crippen LogP contribution in [-0.2, 0) is 6.42 Å². The minimum absolute atomic E-state index is 0.909. The largest absolute Gasteiger partial charge is 0.240 e. The van der Waals surface area contributed by atoms with E-state index in [1.807, 2.05) is 0 Å². The van der Waals surface area contributed by atoms with E-state index in [9.17, 15) is 0 Å². The van der Waals surface area contributed by atoms with E-state index in [1.165, 1.54) is 22.1 Å². The minimum Gasteiger partial charge on any atom is -0.240 e. The standard InChI is InChI=1S/C15H10N2/c1-2-5-11-10(4-1)8-14-15-12(11)6-3-7-13(15)16-9-17-14/h1-7,9H,8H2. The molecule has 1 aromatic heterocycles. The zero-order valence-electron chi connectivity index (χ0n) is 9.22. The predicted molar refractivity (Wildman–Crippen MR) is 67.8 cm³/mol. The van der Waals surface area contributed by atoms with Crippen LogP contribution >= 0.6 is 0 Å². The maximum atomic E-state index is 4.43. The van der Waals surface area contributed by atoms with Gasteiger partial charge in [0, 0.05) is 11.8 Å². The second kappa shape index (κ2) is 3.14. The van der Waals surface area contributed by atoms with Crippen molar-refractivity contribution in [2.45, 2.75) is 6.42 Å². The smallest absolute Gasteiger partial charge is 0.116 e. The quantitative estimate of drug-likeness (QED) is 0.453. The Morgan fingerprint density at radius 1 is 0.824 bits per heavy atom. The monoisotopic (exact) mass is 218 g/mol. The van der Waals surface area contributed by atoms with Crippen LogP contribution in [0.25, 0.3) is 22.0 Å². The van der Waals surface area contributed by atoms with Crippen LogP contribution in [0.4, 0.5) is 0 Å². The summed E-state index contributed by atoms with van der Waals surface area (Å²) >= 11 is 0. The van der Waals surface area contributed by atoms with Gasteiger partial charge in [0.05, 0.1) is 11.2 Å². The molecule has 0 unspecified atom stereocenters. The van der Waals surface area contributed by atoms with E-state index < -0.39 is 0 Å². The normalized spacial score (nSPS) is 12.5. The lowest BCUT2D eigenvalue weighted by Crippen LogP contribution is -2.03. The Balaban J connectivity index is 2.22. The third-order valence-corrected chi connectivity index (χ3v) is 3.41. The van der Waals surface area contributed by atoms with E-state index in [1.54, 1.807) is 6.33 Å². The van der Waals surface area contributed by atoms with Crippen molar-refractivity contribution in [2.24, 2.45) is 0 Å². The number of benzene rings is 2. The Bertz CT molecular complexity index is 727. The van der Waals surface area contributed by atoms with E-state index in [-0.39, 0.29) is 0 Å². The lowest BCUT2D eigenvalue weighted by atomic mass is 9.87. The molecule has 0 atom stereocenters. The van der Waals surface area contributed by atoms with Gasteiger partial charge in [-0.15, -0.1) is 0 Å². The van der Waals surface area contributed by atoms with Crippen molar-refractivity contribution >= 4 is 10.9 Å². The summed E-state index contributed by atoms with van der Waals surface area (Å²) in [5.41, 5.74) is 6.12. The minimum atomic E-state index is 0.909. The van der Waals surface area contributed by atoms with Crippen LogP contribution < -0.4 is 0 Å². The Kier molecular flexibility index (Phi) is 1.64. The van der Waals surface area contributed by atoms with Crippen molar-refractivity contribution < 1.29 is 0 Å². The Labute approximate surface area is 99.0 Å². The summed E-state index contributed by atoms with van der Waals surface area (Å²) in [7, 11) is 0. The number of hydrogen-bond donors (Lipinski definition) is 0. The molecule has 0 fully saturated rings. The highest BCUT2D eigenvalue weighted by Crippen LogP contribution is 2.37. The molecule has 0 N–H and O–H groups in total. The molecule has 0 saturated carbocycles. The number of rotatable bonds is 0. The molecule has 0 radical (unpaired) electrons. The molecule has 0 spiro atoms. The van der Waals surface area contributed by atoms with E-state index in [0.29, 0.717) is 0 Å². The molecule has 0 amide bonds. The predicted octanol–water partition coefficient (Wildman–Crippen LogP) is 3.20. The van der Waals surface area contributed by atoms with Crippen molar-refractivity contribution in [1.29, 1.82) is 0 Å². The highest BCUT2D eigenvalue weighted by atomic mass is 14.8. The van der Waals surface area contributed by atoms with Gasteiger partial charge in [0.15, 0.2) is 0 Å². The van der Waals surface area contributed by atoms with Gasteiger partial charge < -0.3 is 0 Å². The van der Waals surface area contributed by atoms with Gasteiger partial charge in [0.2, 0.25) is 0 Å². The molecule has 1 heterocycles. The highest BCUT2D eigenvalue weighted by molar-refractivity contribution is 5.99. The fourth-order valence-electron chi connectivity index (χ4n) is 2.65. The van der Waals surface area contributed by atoms with Gasteiger partial charge in [0.1, 0.15) is 6.33 Å². The molecule has 0 saturated heterocycles. The third kappa shape index (κ3) is 1.15. The molecular weight excluding hydrogens is 208 g/mol. The molecule has 2 nitrogen and oxygen atoms in total. The molecule has 2 aromatic carbocycles. The van der Waals surface area contributed by atoms with Gasteiger partial charge in [-0.2, -0.15) is 0 Å². The summed E-state index contributed by atoms with van der Waals surface area (Å²) in [6.07, 6.45) is 2.57. The van der Waals surface area contributed by atoms with Crippen LogP contribution in [0.5, 0.6) is 0 Å². The Hall–Kier alpha value is -2.22. The maximum Gasteiger partial charge on any atom is 0.116 e. The van der Waals surface area contributed by atoms with Crippen LogP contribution in [0.3, 0.4) is 0 Å². The Morgan fingerprint density at radius 2 is 1.71 bits per heavy atom. The van der Waals surface area contributed by atoms with E-state index >= 15 is 0 Å². The maximum absolute atomic E-state index is 4.43. The molecule has 0 aliphatic heterocycles. The van der Waals surface area contributed by atoms with Crippen LogP contribution in [0.15, 0.2) is 48.8 Å². The van der Waals surface area contributed by atoms with Crippen LogP contribution in [0, 0.1) is 0 Å². The SMILES string of the molecule is c1ccc2c(c1)Cc1ncnc3cccc-2c13.